The highest BCUT2D eigenvalue weighted by atomic mass is 16.5. The molecule has 2 heterocycles. The Balaban J connectivity index is 1.47. The highest BCUT2D eigenvalue weighted by molar-refractivity contribution is 5.93. The fraction of sp³-hybridized carbons (Fsp3) is 0.333. The molecule has 0 radical (unpaired) electrons. The second kappa shape index (κ2) is 9.85. The van der Waals surface area contributed by atoms with Gasteiger partial charge in [-0.3, -0.25) is 9.59 Å². The smallest absolute Gasteiger partial charge is 0.326 e. The summed E-state index contributed by atoms with van der Waals surface area (Å²) in [6.45, 7) is 5.97. The summed E-state index contributed by atoms with van der Waals surface area (Å²) in [5, 5.41) is 9.48. The van der Waals surface area contributed by atoms with E-state index in [4.69, 9.17) is 14.9 Å². The topological polar surface area (TPSA) is 136 Å². The number of oxazole rings is 1. The van der Waals surface area contributed by atoms with Crippen molar-refractivity contribution in [2.75, 3.05) is 6.54 Å². The molecule has 0 saturated carbocycles. The van der Waals surface area contributed by atoms with E-state index in [9.17, 15) is 19.5 Å². The van der Waals surface area contributed by atoms with E-state index in [0.717, 1.165) is 5.56 Å². The van der Waals surface area contributed by atoms with Crippen molar-refractivity contribution in [2.45, 2.75) is 51.7 Å². The van der Waals surface area contributed by atoms with E-state index in [1.807, 2.05) is 6.07 Å². The molecule has 1 saturated heterocycles. The molecule has 1 atom stereocenters. The second-order valence-corrected chi connectivity index (χ2v) is 9.40. The Morgan fingerprint density at radius 3 is 2.58 bits per heavy atom. The summed E-state index contributed by atoms with van der Waals surface area (Å²) < 4.78 is 11.8. The van der Waals surface area contributed by atoms with Gasteiger partial charge in [-0.2, -0.15) is 0 Å². The number of nitrogens with two attached hydrogens (primary N) is 1. The van der Waals surface area contributed by atoms with Crippen LogP contribution in [0.2, 0.25) is 0 Å². The Labute approximate surface area is 208 Å². The van der Waals surface area contributed by atoms with Crippen LogP contribution in [0.3, 0.4) is 0 Å². The highest BCUT2D eigenvalue weighted by Crippen LogP contribution is 2.32. The summed E-state index contributed by atoms with van der Waals surface area (Å²) in [6.07, 6.45) is 1.14. The van der Waals surface area contributed by atoms with Crippen LogP contribution in [-0.2, 0) is 21.6 Å². The summed E-state index contributed by atoms with van der Waals surface area (Å²) in [5.74, 6) is -0.137. The van der Waals surface area contributed by atoms with Crippen molar-refractivity contribution in [3.05, 3.63) is 71.1 Å². The third-order valence-corrected chi connectivity index (χ3v) is 6.57. The number of nitrogens with zero attached hydrogens (tertiary/aromatic N) is 2. The van der Waals surface area contributed by atoms with E-state index in [1.54, 1.807) is 63.2 Å². The van der Waals surface area contributed by atoms with E-state index in [-0.39, 0.29) is 12.5 Å². The number of aromatic nitrogens is 1. The van der Waals surface area contributed by atoms with E-state index in [1.165, 1.54) is 4.90 Å². The van der Waals surface area contributed by atoms with Gasteiger partial charge in [0, 0.05) is 17.7 Å². The third-order valence-electron chi connectivity index (χ3n) is 6.57. The Morgan fingerprint density at radius 1 is 1.19 bits per heavy atom. The number of primary amides is 1. The van der Waals surface area contributed by atoms with Gasteiger partial charge in [0.05, 0.1) is 5.41 Å². The van der Waals surface area contributed by atoms with Crippen molar-refractivity contribution in [2.24, 2.45) is 5.73 Å². The molecule has 4 rings (SSSR count). The second-order valence-electron chi connectivity index (χ2n) is 9.40. The molecule has 0 bridgehead atoms. The van der Waals surface area contributed by atoms with Crippen molar-refractivity contribution < 1.29 is 28.6 Å². The summed E-state index contributed by atoms with van der Waals surface area (Å²) in [7, 11) is 0. The minimum atomic E-state index is -0.972. The van der Waals surface area contributed by atoms with Crippen molar-refractivity contribution in [3.8, 4) is 17.2 Å². The lowest BCUT2D eigenvalue weighted by atomic mass is 9.83. The van der Waals surface area contributed by atoms with Gasteiger partial charge in [-0.15, -0.1) is 0 Å². The quantitative estimate of drug-likeness (QED) is 0.490. The number of rotatable bonds is 8. The van der Waals surface area contributed by atoms with Crippen LogP contribution in [0, 0.1) is 6.92 Å². The van der Waals surface area contributed by atoms with Crippen molar-refractivity contribution >= 4 is 17.8 Å². The number of carbonyl (C=O) groups is 3. The van der Waals surface area contributed by atoms with Gasteiger partial charge in [0.25, 0.3) is 0 Å². The molecular weight excluding hydrogens is 462 g/mol. The van der Waals surface area contributed by atoms with E-state index in [0.29, 0.717) is 53.6 Å². The predicted molar refractivity (Wildman–Crippen MR) is 131 cm³/mol. The molecule has 0 aliphatic carbocycles. The van der Waals surface area contributed by atoms with Crippen LogP contribution in [0.15, 0.2) is 52.9 Å². The molecule has 2 aromatic carbocycles. The van der Waals surface area contributed by atoms with Gasteiger partial charge in [-0.25, -0.2) is 9.78 Å². The average Bonchev–Trinajstić information content (AvgIpc) is 3.49. The minimum Gasteiger partial charge on any atom is -0.487 e. The van der Waals surface area contributed by atoms with Gasteiger partial charge in [0.15, 0.2) is 0 Å². The number of aryl methyl sites for hydroxylation is 1. The molecule has 1 aliphatic rings. The maximum Gasteiger partial charge on any atom is 0.326 e. The zero-order valence-corrected chi connectivity index (χ0v) is 20.5. The molecule has 0 spiro atoms. The lowest BCUT2D eigenvalue weighted by molar-refractivity contribution is -0.150. The van der Waals surface area contributed by atoms with E-state index < -0.39 is 23.3 Å². The van der Waals surface area contributed by atoms with Gasteiger partial charge in [0.1, 0.15) is 29.9 Å². The molecular formula is C27H29N3O6. The molecule has 188 valence electrons. The standard InChI is InChI=1S/C27H29N3O6/c1-16-21(29-24(36-16)18-11-9-17(10-12-18)23(28)31)15-35-20-7-4-6-19(14-20)27(2,3)26(34)30-13-5-8-22(30)25(32)33/h4,6-7,9-12,14,22H,5,8,13,15H2,1-3H3,(H2,28,31)(H,32,33). The summed E-state index contributed by atoms with van der Waals surface area (Å²) in [4.78, 5) is 42.1. The largest absolute Gasteiger partial charge is 0.487 e. The molecule has 9 heteroatoms. The van der Waals surface area contributed by atoms with E-state index in [2.05, 4.69) is 4.98 Å². The van der Waals surface area contributed by atoms with Crippen LogP contribution >= 0.6 is 0 Å². The predicted octanol–water partition coefficient (Wildman–Crippen LogP) is 3.68. The number of ether oxygens (including phenoxy) is 1. The third kappa shape index (κ3) is 4.95. The highest BCUT2D eigenvalue weighted by Gasteiger charge is 2.41. The monoisotopic (exact) mass is 491 g/mol. The van der Waals surface area contributed by atoms with Crippen LogP contribution in [-0.4, -0.2) is 45.4 Å². The van der Waals surface area contributed by atoms with Gasteiger partial charge >= 0.3 is 5.97 Å². The fourth-order valence-corrected chi connectivity index (χ4v) is 4.34. The van der Waals surface area contributed by atoms with Crippen LogP contribution in [0.1, 0.15) is 54.1 Å². The lowest BCUT2D eigenvalue weighted by Crippen LogP contribution is -2.48. The molecule has 36 heavy (non-hydrogen) atoms. The molecule has 2 amide bonds. The van der Waals surface area contributed by atoms with Crippen molar-refractivity contribution in [1.29, 1.82) is 0 Å². The normalized spacial score (nSPS) is 15.6. The minimum absolute atomic E-state index is 0.153. The number of hydrogen-bond donors (Lipinski definition) is 2. The van der Waals surface area contributed by atoms with Crippen molar-refractivity contribution in [3.63, 3.8) is 0 Å². The van der Waals surface area contributed by atoms with Crippen LogP contribution in [0.5, 0.6) is 5.75 Å². The lowest BCUT2D eigenvalue weighted by Gasteiger charge is -2.32. The van der Waals surface area contributed by atoms with Crippen molar-refractivity contribution in [1.82, 2.24) is 9.88 Å². The zero-order valence-electron chi connectivity index (χ0n) is 20.5. The number of carboxylic acids is 1. The summed E-state index contributed by atoms with van der Waals surface area (Å²) in [6, 6.07) is 13.1. The number of carboxylic acid groups (broad SMARTS) is 1. The van der Waals surface area contributed by atoms with Gasteiger partial charge in [-0.05, 0) is 75.6 Å². The van der Waals surface area contributed by atoms with Crippen LogP contribution in [0.25, 0.3) is 11.5 Å². The van der Waals surface area contributed by atoms with Gasteiger partial charge in [-0.1, -0.05) is 12.1 Å². The first kappa shape index (κ1) is 25.0. The molecule has 3 aromatic rings. The molecule has 1 aliphatic heterocycles. The van der Waals surface area contributed by atoms with E-state index >= 15 is 0 Å². The average molecular weight is 492 g/mol. The first-order valence-corrected chi connectivity index (χ1v) is 11.7. The first-order valence-electron chi connectivity index (χ1n) is 11.7. The number of amides is 2. The summed E-state index contributed by atoms with van der Waals surface area (Å²) >= 11 is 0. The molecule has 1 unspecified atom stereocenters. The zero-order chi connectivity index (χ0) is 26.0. The summed E-state index contributed by atoms with van der Waals surface area (Å²) in [5.41, 5.74) is 6.82. The molecule has 1 aromatic heterocycles. The van der Waals surface area contributed by atoms with Crippen LogP contribution < -0.4 is 10.5 Å². The molecule has 1 fully saturated rings. The molecule has 3 N–H and O–H groups in total. The maximum absolute atomic E-state index is 13.3. The Kier molecular flexibility index (Phi) is 6.83. The maximum atomic E-state index is 13.3. The Hall–Kier alpha value is -4.14. The van der Waals surface area contributed by atoms with Gasteiger partial charge in [0.2, 0.25) is 17.7 Å². The van der Waals surface area contributed by atoms with Crippen LogP contribution in [0.4, 0.5) is 0 Å². The number of benzene rings is 2. The molecule has 9 nitrogen and oxygen atoms in total. The Morgan fingerprint density at radius 2 is 1.92 bits per heavy atom. The fourth-order valence-electron chi connectivity index (χ4n) is 4.34. The number of carbonyl (C=O) groups excluding carboxylic acids is 2. The number of likely N-dealkylation sites (tertiary alicyclic amines) is 1. The number of aliphatic carboxylic acids is 1. The number of hydrogen-bond acceptors (Lipinski definition) is 6. The SMILES string of the molecule is Cc1oc(-c2ccc(C(N)=O)cc2)nc1COc1cccc(C(C)(C)C(=O)N2CCCC2C(=O)O)c1. The van der Waals surface area contributed by atoms with Gasteiger partial charge < -0.3 is 24.9 Å². The Bertz CT molecular complexity index is 1300. The first-order chi connectivity index (χ1) is 17.1.